The molecule has 3 heterocycles. The van der Waals surface area contributed by atoms with Crippen LogP contribution in [0, 0.1) is 0 Å². The molecule has 18 nitrogen and oxygen atoms in total. The molecule has 0 aliphatic carbocycles. The Labute approximate surface area is 256 Å². The second kappa shape index (κ2) is 13.8. The van der Waals surface area contributed by atoms with E-state index in [0.29, 0.717) is 43.1 Å². The largest absolute Gasteiger partial charge is 0.358 e. The van der Waals surface area contributed by atoms with E-state index in [2.05, 4.69) is 46.9 Å². The molecule has 2 saturated heterocycles. The maximum atomic E-state index is 13.1. The van der Waals surface area contributed by atoms with E-state index >= 15 is 0 Å². The summed E-state index contributed by atoms with van der Waals surface area (Å²) in [6.07, 6.45) is -0.583. The Morgan fingerprint density at radius 1 is 1.07 bits per heavy atom. The van der Waals surface area contributed by atoms with Crippen molar-refractivity contribution >= 4 is 46.9 Å². The van der Waals surface area contributed by atoms with Crippen LogP contribution in [0.3, 0.4) is 0 Å². The Kier molecular flexibility index (Phi) is 10.2. The Balaban J connectivity index is 1.28. The highest BCUT2D eigenvalue weighted by molar-refractivity contribution is 6.30. The molecule has 0 saturated carbocycles. The third-order valence-corrected chi connectivity index (χ3v) is 7.77. The van der Waals surface area contributed by atoms with Crippen LogP contribution in [0.25, 0.3) is 0 Å². The molecule has 12 N–H and O–H groups in total. The number of guanidine groups is 1. The first-order chi connectivity index (χ1) is 20.5. The SMILES string of the molecule is NN=NC1=C(Cl)NC(C(=O)/N=C2/NC3(CCN(C(=O)CCC(=O)NC(N)c4ccc(Cl)cc4)CC3)CN2N)C(N=NN)N1. The molecule has 0 aromatic heterocycles. The fraction of sp³-hybridized carbons (Fsp3) is 0.478. The Morgan fingerprint density at radius 2 is 1.77 bits per heavy atom. The van der Waals surface area contributed by atoms with Gasteiger partial charge in [0.05, 0.1) is 12.1 Å². The first-order valence-corrected chi connectivity index (χ1v) is 13.9. The number of carbonyl (C=O) groups excluding carboxylic acids is 3. The molecule has 3 atom stereocenters. The van der Waals surface area contributed by atoms with Gasteiger partial charge in [0.1, 0.15) is 11.3 Å². The standard InChI is InChI=1S/C23H33Cl2N15O3/c24-13-3-1-12(2-4-13)18(26)30-14(41)5-6-15(42)39-9-7-23(8-10-39)11-40(29)22(34-23)33-21(43)16-19(35-37-27)32-20(36-38-28)17(25)31-16/h1-4,16,18-19,31-32H,5-11,26,29H2,(H2,27,35)(H2,28,36)(H,30,41)(H,33,34,43). The number of hydrazine groups is 1. The number of benzene rings is 1. The lowest BCUT2D eigenvalue weighted by Crippen LogP contribution is -2.55. The number of hydrogen-bond acceptors (Lipinski definition) is 11. The minimum absolute atomic E-state index is 0.0000686. The molecule has 3 amide bonds. The molecule has 232 valence electrons. The molecule has 3 aliphatic rings. The number of nitrogens with two attached hydrogens (primary N) is 4. The second-order valence-corrected chi connectivity index (χ2v) is 10.9. The van der Waals surface area contributed by atoms with E-state index in [4.69, 9.17) is 46.5 Å². The average molecular weight is 639 g/mol. The van der Waals surface area contributed by atoms with E-state index in [0.717, 1.165) is 0 Å². The Hall–Kier alpha value is -4.26. The van der Waals surface area contributed by atoms with Crippen LogP contribution in [0.1, 0.15) is 37.4 Å². The van der Waals surface area contributed by atoms with E-state index in [1.165, 1.54) is 5.01 Å². The molecule has 20 heteroatoms. The maximum Gasteiger partial charge on any atom is 0.275 e. The number of amides is 3. The lowest BCUT2D eigenvalue weighted by atomic mass is 9.88. The molecule has 1 aromatic rings. The summed E-state index contributed by atoms with van der Waals surface area (Å²) in [5.41, 5.74) is 6.23. The maximum absolute atomic E-state index is 13.1. The summed E-state index contributed by atoms with van der Waals surface area (Å²) in [4.78, 5) is 44.1. The third-order valence-electron chi connectivity index (χ3n) is 7.23. The summed E-state index contributed by atoms with van der Waals surface area (Å²) in [5.74, 6) is 15.5. The highest BCUT2D eigenvalue weighted by Gasteiger charge is 2.44. The van der Waals surface area contributed by atoms with Crippen LogP contribution >= 0.6 is 23.2 Å². The monoisotopic (exact) mass is 637 g/mol. The van der Waals surface area contributed by atoms with Crippen molar-refractivity contribution in [2.75, 3.05) is 19.6 Å². The van der Waals surface area contributed by atoms with Gasteiger partial charge in [-0.3, -0.25) is 19.4 Å². The molecule has 3 unspecified atom stereocenters. The zero-order valence-electron chi connectivity index (χ0n) is 22.9. The Morgan fingerprint density at radius 3 is 2.42 bits per heavy atom. The molecule has 43 heavy (non-hydrogen) atoms. The number of piperidine rings is 1. The molecule has 3 aliphatic heterocycles. The van der Waals surface area contributed by atoms with E-state index in [1.807, 2.05) is 0 Å². The number of nitrogens with zero attached hydrogens (tertiary/aromatic N) is 7. The van der Waals surface area contributed by atoms with Crippen LogP contribution in [0.4, 0.5) is 0 Å². The number of likely N-dealkylation sites (tertiary alicyclic amines) is 1. The summed E-state index contributed by atoms with van der Waals surface area (Å²) in [6.45, 7) is 1.22. The number of carbonyl (C=O) groups is 3. The van der Waals surface area contributed by atoms with Crippen LogP contribution < -0.4 is 44.5 Å². The van der Waals surface area contributed by atoms with Crippen LogP contribution in [0.5, 0.6) is 0 Å². The normalized spacial score (nSPS) is 23.4. The van der Waals surface area contributed by atoms with Gasteiger partial charge in [-0.1, -0.05) is 45.8 Å². The van der Waals surface area contributed by atoms with Gasteiger partial charge in [0.15, 0.2) is 18.0 Å². The number of aliphatic imine (C=N–C) groups is 1. The fourth-order valence-corrected chi connectivity index (χ4v) is 5.26. The van der Waals surface area contributed by atoms with Gasteiger partial charge in [-0.2, -0.15) is 4.99 Å². The summed E-state index contributed by atoms with van der Waals surface area (Å²) < 4.78 is 0. The number of halogens is 2. The van der Waals surface area contributed by atoms with Crippen molar-refractivity contribution in [3.8, 4) is 0 Å². The van der Waals surface area contributed by atoms with E-state index < -0.39 is 29.8 Å². The first kappa shape index (κ1) is 31.7. The molecule has 2 fully saturated rings. The van der Waals surface area contributed by atoms with Gasteiger partial charge in [0.25, 0.3) is 5.91 Å². The van der Waals surface area contributed by atoms with E-state index in [-0.39, 0.29) is 41.6 Å². The van der Waals surface area contributed by atoms with Gasteiger partial charge in [-0.15, -0.1) is 10.2 Å². The summed E-state index contributed by atoms with van der Waals surface area (Å²) >= 11 is 12.0. The van der Waals surface area contributed by atoms with E-state index in [9.17, 15) is 14.4 Å². The van der Waals surface area contributed by atoms with Gasteiger partial charge >= 0.3 is 0 Å². The van der Waals surface area contributed by atoms with Gasteiger partial charge in [-0.25, -0.2) is 5.84 Å². The lowest BCUT2D eigenvalue weighted by Gasteiger charge is -2.38. The van der Waals surface area contributed by atoms with Crippen molar-refractivity contribution in [2.45, 2.75) is 49.6 Å². The zero-order chi connectivity index (χ0) is 31.1. The molecular weight excluding hydrogens is 605 g/mol. The molecule has 4 rings (SSSR count). The van der Waals surface area contributed by atoms with Crippen LogP contribution in [-0.2, 0) is 14.4 Å². The predicted molar refractivity (Wildman–Crippen MR) is 156 cm³/mol. The summed E-state index contributed by atoms with van der Waals surface area (Å²) in [6, 6.07) is 5.73. The smallest absolute Gasteiger partial charge is 0.275 e. The number of rotatable bonds is 8. The van der Waals surface area contributed by atoms with Crippen LogP contribution in [-0.4, -0.2) is 71.0 Å². The van der Waals surface area contributed by atoms with Gasteiger partial charge in [0.2, 0.25) is 17.8 Å². The van der Waals surface area contributed by atoms with Crippen molar-refractivity contribution in [1.82, 2.24) is 31.2 Å². The second-order valence-electron chi connectivity index (χ2n) is 10.1. The lowest BCUT2D eigenvalue weighted by molar-refractivity contribution is -0.135. The highest BCUT2D eigenvalue weighted by Crippen LogP contribution is 2.28. The average Bonchev–Trinajstić information content (AvgIpc) is 3.27. The van der Waals surface area contributed by atoms with Crippen LogP contribution in [0.15, 0.2) is 60.9 Å². The van der Waals surface area contributed by atoms with Gasteiger partial charge < -0.3 is 43.6 Å². The first-order valence-electron chi connectivity index (χ1n) is 13.2. The minimum atomic E-state index is -1.09. The minimum Gasteiger partial charge on any atom is -0.358 e. The van der Waals surface area contributed by atoms with Crippen LogP contribution in [0.2, 0.25) is 5.02 Å². The summed E-state index contributed by atoms with van der Waals surface area (Å²) in [5, 5.41) is 27.1. The molecular formula is C23H33Cl2N15O3. The van der Waals surface area contributed by atoms with Crippen molar-refractivity contribution in [3.05, 3.63) is 45.8 Å². The van der Waals surface area contributed by atoms with Gasteiger partial charge in [-0.05, 0) is 30.5 Å². The highest BCUT2D eigenvalue weighted by atomic mass is 35.5. The molecule has 1 aromatic carbocycles. The zero-order valence-corrected chi connectivity index (χ0v) is 24.4. The molecule has 1 spiro atoms. The van der Waals surface area contributed by atoms with Crippen molar-refractivity contribution < 1.29 is 14.4 Å². The number of nitrogens with one attached hydrogen (secondary N) is 4. The fourth-order valence-electron chi connectivity index (χ4n) is 4.93. The molecule has 0 radical (unpaired) electrons. The van der Waals surface area contributed by atoms with Gasteiger partial charge in [0, 0.05) is 31.0 Å². The number of hydrogen-bond donors (Lipinski definition) is 8. The Bertz CT molecular complexity index is 1330. The third kappa shape index (κ3) is 7.78. The summed E-state index contributed by atoms with van der Waals surface area (Å²) in [7, 11) is 0. The quantitative estimate of drug-likeness (QED) is 0.0569. The topological polar surface area (TPSA) is 272 Å². The molecule has 0 bridgehead atoms. The van der Waals surface area contributed by atoms with Crippen molar-refractivity contribution in [2.24, 2.45) is 48.9 Å². The van der Waals surface area contributed by atoms with Crippen molar-refractivity contribution in [3.63, 3.8) is 0 Å². The predicted octanol–water partition coefficient (Wildman–Crippen LogP) is -0.879. The van der Waals surface area contributed by atoms with Crippen molar-refractivity contribution in [1.29, 1.82) is 0 Å². The van der Waals surface area contributed by atoms with E-state index in [1.54, 1.807) is 29.2 Å².